The normalized spacial score (nSPS) is 14.5. The predicted octanol–water partition coefficient (Wildman–Crippen LogP) is 1.50. The fourth-order valence-corrected chi connectivity index (χ4v) is 2.38. The second kappa shape index (κ2) is 5.66. The van der Waals surface area contributed by atoms with Crippen molar-refractivity contribution in [3.63, 3.8) is 0 Å². The first kappa shape index (κ1) is 14.6. The number of likely N-dealkylation sites (tertiary alicyclic amines) is 1. The van der Waals surface area contributed by atoms with Crippen LogP contribution in [0.3, 0.4) is 0 Å². The smallest absolute Gasteiger partial charge is 0.328 e. The fraction of sp³-hybridized carbons (Fsp3) is 0.385. The standard InChI is InChI=1S/C13H13N3O5/c14-7-8-6-9(17)12(18)11(16(20)21)10(8)13(19)15-4-2-1-3-5-15/h6,17-18H,1-5H2. The summed E-state index contributed by atoms with van der Waals surface area (Å²) in [5.41, 5.74) is -1.73. The number of rotatable bonds is 2. The zero-order valence-corrected chi connectivity index (χ0v) is 11.1. The van der Waals surface area contributed by atoms with Crippen LogP contribution >= 0.6 is 0 Å². The van der Waals surface area contributed by atoms with Crippen molar-refractivity contribution in [1.82, 2.24) is 4.90 Å². The molecule has 0 spiro atoms. The number of phenolic OH excluding ortho intramolecular Hbond substituents is 2. The molecule has 1 aliphatic rings. The maximum Gasteiger partial charge on any atom is 0.328 e. The number of phenols is 2. The molecule has 1 aliphatic heterocycles. The molecule has 8 heteroatoms. The van der Waals surface area contributed by atoms with Gasteiger partial charge in [-0.05, 0) is 19.3 Å². The first-order chi connectivity index (χ1) is 9.97. The summed E-state index contributed by atoms with van der Waals surface area (Å²) in [5.74, 6) is -2.47. The first-order valence-corrected chi connectivity index (χ1v) is 6.40. The Labute approximate surface area is 120 Å². The van der Waals surface area contributed by atoms with Gasteiger partial charge in [0.05, 0.1) is 10.5 Å². The summed E-state index contributed by atoms with van der Waals surface area (Å²) in [4.78, 5) is 24.0. The van der Waals surface area contributed by atoms with Gasteiger partial charge in [-0.1, -0.05) is 0 Å². The molecule has 1 heterocycles. The van der Waals surface area contributed by atoms with E-state index in [0.29, 0.717) is 13.1 Å². The van der Waals surface area contributed by atoms with Crippen LogP contribution in [-0.2, 0) is 0 Å². The minimum atomic E-state index is -1.00. The van der Waals surface area contributed by atoms with Crippen LogP contribution in [0.25, 0.3) is 0 Å². The van der Waals surface area contributed by atoms with Gasteiger partial charge in [0.25, 0.3) is 5.91 Å². The molecular weight excluding hydrogens is 278 g/mol. The van der Waals surface area contributed by atoms with E-state index in [0.717, 1.165) is 25.3 Å². The maximum atomic E-state index is 12.4. The zero-order valence-electron chi connectivity index (χ0n) is 11.1. The second-order valence-corrected chi connectivity index (χ2v) is 4.74. The van der Waals surface area contributed by atoms with Crippen molar-refractivity contribution in [2.45, 2.75) is 19.3 Å². The van der Waals surface area contributed by atoms with Crippen LogP contribution in [0.4, 0.5) is 5.69 Å². The summed E-state index contributed by atoms with van der Waals surface area (Å²) in [6.07, 6.45) is 2.54. The van der Waals surface area contributed by atoms with Gasteiger partial charge >= 0.3 is 5.69 Å². The van der Waals surface area contributed by atoms with Crippen molar-refractivity contribution >= 4 is 11.6 Å². The average Bonchev–Trinajstić information content (AvgIpc) is 2.49. The highest BCUT2D eigenvalue weighted by molar-refractivity contribution is 6.02. The number of carbonyl (C=O) groups excluding carboxylic acids is 1. The summed E-state index contributed by atoms with van der Waals surface area (Å²) >= 11 is 0. The number of aromatic hydroxyl groups is 2. The van der Waals surface area contributed by atoms with Crippen molar-refractivity contribution in [3.8, 4) is 17.6 Å². The number of carbonyl (C=O) groups is 1. The zero-order chi connectivity index (χ0) is 15.6. The van der Waals surface area contributed by atoms with Crippen molar-refractivity contribution < 1.29 is 19.9 Å². The Morgan fingerprint density at radius 1 is 1.33 bits per heavy atom. The van der Waals surface area contributed by atoms with E-state index in [1.165, 1.54) is 4.90 Å². The topological polar surface area (TPSA) is 128 Å². The Morgan fingerprint density at radius 2 is 1.95 bits per heavy atom. The van der Waals surface area contributed by atoms with Crippen molar-refractivity contribution in [3.05, 3.63) is 27.3 Å². The third kappa shape index (κ3) is 2.58. The van der Waals surface area contributed by atoms with E-state index in [-0.39, 0.29) is 5.56 Å². The minimum Gasteiger partial charge on any atom is -0.504 e. The SMILES string of the molecule is N#Cc1cc(O)c(O)c([N+](=O)[O-])c1C(=O)N1CCCCC1. The number of nitriles is 1. The Kier molecular flexibility index (Phi) is 3.93. The third-order valence-corrected chi connectivity index (χ3v) is 3.41. The van der Waals surface area contributed by atoms with E-state index < -0.39 is 33.6 Å². The summed E-state index contributed by atoms with van der Waals surface area (Å²) in [7, 11) is 0. The molecule has 1 saturated heterocycles. The monoisotopic (exact) mass is 291 g/mol. The van der Waals surface area contributed by atoms with Crippen molar-refractivity contribution in [1.29, 1.82) is 5.26 Å². The van der Waals surface area contributed by atoms with Crippen LogP contribution in [0.5, 0.6) is 11.5 Å². The largest absolute Gasteiger partial charge is 0.504 e. The van der Waals surface area contributed by atoms with E-state index in [1.807, 2.05) is 0 Å². The molecule has 0 saturated carbocycles. The number of nitro groups is 1. The van der Waals surface area contributed by atoms with Crippen LogP contribution in [0.2, 0.25) is 0 Å². The predicted molar refractivity (Wildman–Crippen MR) is 70.9 cm³/mol. The minimum absolute atomic E-state index is 0.326. The summed E-state index contributed by atoms with van der Waals surface area (Å²) in [5, 5.41) is 39.2. The highest BCUT2D eigenvalue weighted by Gasteiger charge is 2.34. The Balaban J connectivity index is 2.60. The summed E-state index contributed by atoms with van der Waals surface area (Å²) < 4.78 is 0. The molecule has 0 bridgehead atoms. The van der Waals surface area contributed by atoms with Crippen LogP contribution < -0.4 is 0 Å². The van der Waals surface area contributed by atoms with Crippen LogP contribution in [0.15, 0.2) is 6.07 Å². The van der Waals surface area contributed by atoms with E-state index >= 15 is 0 Å². The van der Waals surface area contributed by atoms with E-state index in [1.54, 1.807) is 6.07 Å². The number of hydrogen-bond acceptors (Lipinski definition) is 6. The first-order valence-electron chi connectivity index (χ1n) is 6.40. The number of hydrogen-bond donors (Lipinski definition) is 2. The number of benzene rings is 1. The quantitative estimate of drug-likeness (QED) is 0.483. The lowest BCUT2D eigenvalue weighted by Gasteiger charge is -2.26. The lowest BCUT2D eigenvalue weighted by atomic mass is 10.0. The number of amides is 1. The van der Waals surface area contributed by atoms with E-state index in [9.17, 15) is 25.1 Å². The van der Waals surface area contributed by atoms with E-state index in [2.05, 4.69) is 0 Å². The maximum absolute atomic E-state index is 12.4. The molecule has 1 aromatic carbocycles. The van der Waals surface area contributed by atoms with Gasteiger partial charge in [-0.15, -0.1) is 0 Å². The molecule has 1 aromatic rings. The molecule has 21 heavy (non-hydrogen) atoms. The Bertz CT molecular complexity index is 644. The summed E-state index contributed by atoms with van der Waals surface area (Å²) in [6.45, 7) is 0.894. The second-order valence-electron chi connectivity index (χ2n) is 4.74. The molecule has 0 unspecified atom stereocenters. The van der Waals surface area contributed by atoms with Gasteiger partial charge < -0.3 is 15.1 Å². The molecule has 0 aliphatic carbocycles. The Hall–Kier alpha value is -2.82. The van der Waals surface area contributed by atoms with Crippen LogP contribution in [-0.4, -0.2) is 39.0 Å². The molecule has 0 atom stereocenters. The van der Waals surface area contributed by atoms with Crippen molar-refractivity contribution in [2.24, 2.45) is 0 Å². The average molecular weight is 291 g/mol. The molecule has 8 nitrogen and oxygen atoms in total. The van der Waals surface area contributed by atoms with Gasteiger partial charge in [0.1, 0.15) is 11.6 Å². The Morgan fingerprint density at radius 3 is 2.48 bits per heavy atom. The number of nitro benzene ring substituents is 1. The van der Waals surface area contributed by atoms with Crippen molar-refractivity contribution in [2.75, 3.05) is 13.1 Å². The van der Waals surface area contributed by atoms with Gasteiger partial charge in [0, 0.05) is 19.2 Å². The highest BCUT2D eigenvalue weighted by atomic mass is 16.6. The van der Waals surface area contributed by atoms with Gasteiger partial charge in [0.15, 0.2) is 5.75 Å². The molecule has 0 radical (unpaired) electrons. The number of piperidine rings is 1. The molecule has 1 amide bonds. The third-order valence-electron chi connectivity index (χ3n) is 3.41. The van der Waals surface area contributed by atoms with Crippen LogP contribution in [0, 0.1) is 21.4 Å². The molecule has 1 fully saturated rings. The van der Waals surface area contributed by atoms with Gasteiger partial charge in [-0.2, -0.15) is 5.26 Å². The lowest BCUT2D eigenvalue weighted by Crippen LogP contribution is -2.36. The molecule has 2 rings (SSSR count). The lowest BCUT2D eigenvalue weighted by molar-refractivity contribution is -0.386. The summed E-state index contributed by atoms with van der Waals surface area (Å²) in [6, 6.07) is 2.52. The van der Waals surface area contributed by atoms with E-state index in [4.69, 9.17) is 5.26 Å². The van der Waals surface area contributed by atoms with Gasteiger partial charge in [-0.25, -0.2) is 0 Å². The highest BCUT2D eigenvalue weighted by Crippen LogP contribution is 2.40. The molecule has 0 aromatic heterocycles. The fourth-order valence-electron chi connectivity index (χ4n) is 2.38. The van der Waals surface area contributed by atoms with Gasteiger partial charge in [-0.3, -0.25) is 14.9 Å². The van der Waals surface area contributed by atoms with Crippen LogP contribution in [0.1, 0.15) is 35.2 Å². The molecule has 2 N–H and O–H groups in total. The van der Waals surface area contributed by atoms with Gasteiger partial charge in [0.2, 0.25) is 5.75 Å². The molecular formula is C13H13N3O5. The number of nitrogens with zero attached hydrogens (tertiary/aromatic N) is 3. The molecule has 110 valence electrons.